The van der Waals surface area contributed by atoms with Crippen molar-refractivity contribution in [2.45, 2.75) is 51.7 Å². The third kappa shape index (κ3) is 2.99. The third-order valence-corrected chi connectivity index (χ3v) is 2.91. The molecular weight excluding hydrogens is 166 g/mol. The summed E-state index contributed by atoms with van der Waals surface area (Å²) >= 11 is 0. The van der Waals surface area contributed by atoms with E-state index < -0.39 is 6.10 Å². The van der Waals surface area contributed by atoms with E-state index in [9.17, 15) is 9.90 Å². The minimum atomic E-state index is -0.436. The van der Waals surface area contributed by atoms with Crippen LogP contribution in [0.3, 0.4) is 0 Å². The molecule has 2 N–H and O–H groups in total. The molecule has 0 aromatic carbocycles. The predicted molar refractivity (Wildman–Crippen MR) is 51.2 cm³/mol. The van der Waals surface area contributed by atoms with E-state index in [1.807, 2.05) is 0 Å². The highest BCUT2D eigenvalue weighted by molar-refractivity contribution is 5.77. The fourth-order valence-corrected chi connectivity index (χ4v) is 1.74. The summed E-state index contributed by atoms with van der Waals surface area (Å²) in [5.41, 5.74) is 0. The summed E-state index contributed by atoms with van der Waals surface area (Å²) < 4.78 is 0. The summed E-state index contributed by atoms with van der Waals surface area (Å²) in [6.45, 7) is 4.26. The second-order valence-corrected chi connectivity index (χ2v) is 3.99. The quantitative estimate of drug-likeness (QED) is 0.676. The molecule has 1 fully saturated rings. The predicted octanol–water partition coefficient (Wildman–Crippen LogP) is 1.06. The lowest BCUT2D eigenvalue weighted by atomic mass is 9.95. The Morgan fingerprint density at radius 2 is 2.31 bits per heavy atom. The Kier molecular flexibility index (Phi) is 3.72. The summed E-state index contributed by atoms with van der Waals surface area (Å²) in [5, 5.41) is 12.3. The minimum Gasteiger partial charge on any atom is -0.393 e. The molecule has 1 rings (SSSR count). The third-order valence-electron chi connectivity index (χ3n) is 2.91. The van der Waals surface area contributed by atoms with Crippen molar-refractivity contribution in [2.24, 2.45) is 5.92 Å². The zero-order chi connectivity index (χ0) is 9.84. The van der Waals surface area contributed by atoms with E-state index in [1.54, 1.807) is 0 Å². The van der Waals surface area contributed by atoms with Gasteiger partial charge in [-0.25, -0.2) is 0 Å². The summed E-state index contributed by atoms with van der Waals surface area (Å²) in [4.78, 5) is 11.3. The van der Waals surface area contributed by atoms with Crippen LogP contribution in [0.15, 0.2) is 0 Å². The Bertz CT molecular complexity index is 182. The molecule has 3 heteroatoms. The average molecular weight is 185 g/mol. The highest BCUT2D eigenvalue weighted by Gasteiger charge is 2.24. The van der Waals surface area contributed by atoms with Crippen LogP contribution in [0.5, 0.6) is 0 Å². The van der Waals surface area contributed by atoms with Crippen LogP contribution in [0, 0.1) is 5.92 Å². The number of carbonyl (C=O) groups is 1. The molecule has 3 nitrogen and oxygen atoms in total. The highest BCUT2D eigenvalue weighted by atomic mass is 16.3. The summed E-state index contributed by atoms with van der Waals surface area (Å²) in [6.07, 6.45) is 2.55. The molecule has 0 aromatic rings. The van der Waals surface area contributed by atoms with E-state index in [-0.39, 0.29) is 18.4 Å². The zero-order valence-corrected chi connectivity index (χ0v) is 8.42. The summed E-state index contributed by atoms with van der Waals surface area (Å²) in [7, 11) is 0. The van der Waals surface area contributed by atoms with Gasteiger partial charge in [-0.3, -0.25) is 4.79 Å². The van der Waals surface area contributed by atoms with Crippen molar-refractivity contribution in [3.8, 4) is 0 Å². The average Bonchev–Trinajstić information content (AvgIpc) is 2.25. The van der Waals surface area contributed by atoms with Crippen molar-refractivity contribution in [1.29, 1.82) is 0 Å². The molecular formula is C10H19NO2. The Morgan fingerprint density at radius 3 is 2.92 bits per heavy atom. The zero-order valence-electron chi connectivity index (χ0n) is 8.42. The second-order valence-electron chi connectivity index (χ2n) is 3.99. The number of nitrogens with one attached hydrogen (secondary N) is 1. The van der Waals surface area contributed by atoms with Crippen LogP contribution in [-0.2, 0) is 4.79 Å². The normalized spacial score (nSPS) is 32.1. The van der Waals surface area contributed by atoms with Gasteiger partial charge in [-0.2, -0.15) is 0 Å². The first-order valence-corrected chi connectivity index (χ1v) is 5.11. The van der Waals surface area contributed by atoms with Crippen LogP contribution in [0.2, 0.25) is 0 Å². The van der Waals surface area contributed by atoms with E-state index in [0.717, 1.165) is 19.3 Å². The van der Waals surface area contributed by atoms with Gasteiger partial charge >= 0.3 is 0 Å². The molecule has 1 heterocycles. The van der Waals surface area contributed by atoms with Gasteiger partial charge in [-0.1, -0.05) is 20.3 Å². The lowest BCUT2D eigenvalue weighted by Crippen LogP contribution is -2.37. The van der Waals surface area contributed by atoms with Crippen LogP contribution in [0.1, 0.15) is 39.5 Å². The highest BCUT2D eigenvalue weighted by Crippen LogP contribution is 2.18. The van der Waals surface area contributed by atoms with E-state index >= 15 is 0 Å². The Balaban J connectivity index is 2.52. The molecule has 0 spiro atoms. The summed E-state index contributed by atoms with van der Waals surface area (Å²) in [6, 6.07) is 0.259. The molecule has 0 bridgehead atoms. The monoisotopic (exact) mass is 185 g/mol. The largest absolute Gasteiger partial charge is 0.393 e. The molecule has 3 atom stereocenters. The Labute approximate surface area is 79.5 Å². The first-order valence-electron chi connectivity index (χ1n) is 5.11. The Morgan fingerprint density at radius 1 is 1.62 bits per heavy atom. The van der Waals surface area contributed by atoms with Crippen LogP contribution < -0.4 is 5.32 Å². The number of amides is 1. The van der Waals surface area contributed by atoms with Crippen LogP contribution in [0.4, 0.5) is 0 Å². The molecule has 76 valence electrons. The van der Waals surface area contributed by atoms with Crippen molar-refractivity contribution in [1.82, 2.24) is 5.32 Å². The maximum Gasteiger partial charge on any atom is 0.222 e. The fraction of sp³-hybridized carbons (Fsp3) is 0.900. The first-order chi connectivity index (χ1) is 6.13. The van der Waals surface area contributed by atoms with Gasteiger partial charge in [0.2, 0.25) is 5.91 Å². The molecule has 1 aliphatic heterocycles. The van der Waals surface area contributed by atoms with Gasteiger partial charge in [0.05, 0.1) is 12.5 Å². The van der Waals surface area contributed by atoms with Crippen molar-refractivity contribution in [2.75, 3.05) is 0 Å². The molecule has 3 unspecified atom stereocenters. The van der Waals surface area contributed by atoms with Gasteiger partial charge in [0.25, 0.3) is 0 Å². The smallest absolute Gasteiger partial charge is 0.222 e. The van der Waals surface area contributed by atoms with Gasteiger partial charge in [0.1, 0.15) is 0 Å². The van der Waals surface area contributed by atoms with Gasteiger partial charge in [0, 0.05) is 6.04 Å². The van der Waals surface area contributed by atoms with E-state index in [1.165, 1.54) is 0 Å². The lowest BCUT2D eigenvalue weighted by molar-refractivity contribution is -0.123. The maximum atomic E-state index is 11.3. The Hall–Kier alpha value is -0.570. The van der Waals surface area contributed by atoms with E-state index in [0.29, 0.717) is 5.92 Å². The van der Waals surface area contributed by atoms with E-state index in [4.69, 9.17) is 0 Å². The van der Waals surface area contributed by atoms with Crippen molar-refractivity contribution >= 4 is 5.91 Å². The van der Waals surface area contributed by atoms with Crippen molar-refractivity contribution in [3.63, 3.8) is 0 Å². The van der Waals surface area contributed by atoms with Gasteiger partial charge in [0.15, 0.2) is 0 Å². The second kappa shape index (κ2) is 4.61. The molecule has 0 radical (unpaired) electrons. The van der Waals surface area contributed by atoms with Gasteiger partial charge in [-0.15, -0.1) is 0 Å². The SMILES string of the molecule is CCC(C)C1CCC(O)CC(=O)N1. The number of carbonyl (C=O) groups excluding carboxylic acids is 1. The number of aliphatic hydroxyl groups excluding tert-OH is 1. The van der Waals surface area contributed by atoms with Crippen molar-refractivity contribution in [3.05, 3.63) is 0 Å². The molecule has 1 aliphatic rings. The maximum absolute atomic E-state index is 11.3. The molecule has 0 saturated carbocycles. The fourth-order valence-electron chi connectivity index (χ4n) is 1.74. The lowest BCUT2D eigenvalue weighted by Gasteiger charge is -2.21. The molecule has 0 aromatic heterocycles. The molecule has 13 heavy (non-hydrogen) atoms. The number of aliphatic hydroxyl groups is 1. The first kappa shape index (κ1) is 10.5. The molecule has 1 amide bonds. The van der Waals surface area contributed by atoms with Crippen molar-refractivity contribution < 1.29 is 9.90 Å². The number of hydrogen-bond acceptors (Lipinski definition) is 2. The topological polar surface area (TPSA) is 49.3 Å². The van der Waals surface area contributed by atoms with Gasteiger partial charge in [-0.05, 0) is 18.8 Å². The number of hydrogen-bond donors (Lipinski definition) is 2. The van der Waals surface area contributed by atoms with Crippen LogP contribution >= 0.6 is 0 Å². The summed E-state index contributed by atoms with van der Waals surface area (Å²) in [5.74, 6) is 0.504. The molecule has 1 saturated heterocycles. The standard InChI is InChI=1S/C10H19NO2/c1-3-7(2)9-5-4-8(12)6-10(13)11-9/h7-9,12H,3-6H2,1-2H3,(H,11,13). The minimum absolute atomic E-state index is 0.00435. The van der Waals surface area contributed by atoms with Crippen LogP contribution in [0.25, 0.3) is 0 Å². The number of rotatable bonds is 2. The van der Waals surface area contributed by atoms with Crippen LogP contribution in [-0.4, -0.2) is 23.2 Å². The van der Waals surface area contributed by atoms with E-state index in [2.05, 4.69) is 19.2 Å². The molecule has 0 aliphatic carbocycles. The van der Waals surface area contributed by atoms with Gasteiger partial charge < -0.3 is 10.4 Å².